The maximum atomic E-state index is 13.4. The molecule has 4 nitrogen and oxygen atoms in total. The van der Waals surface area contributed by atoms with Crippen LogP contribution in [0.4, 0.5) is 10.1 Å². The third-order valence-electron chi connectivity index (χ3n) is 4.08. The van der Waals surface area contributed by atoms with Crippen LogP contribution in [0.25, 0.3) is 0 Å². The highest BCUT2D eigenvalue weighted by molar-refractivity contribution is 8.00. The lowest BCUT2D eigenvalue weighted by atomic mass is 9.88. The van der Waals surface area contributed by atoms with E-state index in [1.165, 1.54) is 18.6 Å². The number of nitrogens with one attached hydrogen (secondary N) is 1. The lowest BCUT2D eigenvalue weighted by Gasteiger charge is -2.35. The summed E-state index contributed by atoms with van der Waals surface area (Å²) < 4.78 is 40.7. The Morgan fingerprint density at radius 3 is 2.62 bits per heavy atom. The van der Waals surface area contributed by atoms with Gasteiger partial charge in [-0.25, -0.2) is 17.5 Å². The molecule has 1 aromatic rings. The molecule has 0 heterocycles. The summed E-state index contributed by atoms with van der Waals surface area (Å²) in [6.07, 6.45) is 7.43. The minimum absolute atomic E-state index is 0.0621. The topological polar surface area (TPSA) is 72.2 Å². The zero-order valence-corrected chi connectivity index (χ0v) is 13.7. The van der Waals surface area contributed by atoms with E-state index in [1.807, 2.05) is 6.26 Å². The standard InChI is InChI=1S/C14H21FN2O2S2/c1-20-14(8-3-2-4-9-14)10-17-21(18,19)12-7-5-6-11(15)13(12)16/h5-7,17H,2-4,8-10,16H2,1H3. The van der Waals surface area contributed by atoms with Crippen LogP contribution in [0, 0.1) is 5.82 Å². The third-order valence-corrected chi connectivity index (χ3v) is 6.96. The monoisotopic (exact) mass is 332 g/mol. The quantitative estimate of drug-likeness (QED) is 0.813. The van der Waals surface area contributed by atoms with E-state index in [0.29, 0.717) is 6.54 Å². The van der Waals surface area contributed by atoms with Crippen molar-refractivity contribution in [3.63, 3.8) is 0 Å². The van der Waals surface area contributed by atoms with Crippen molar-refractivity contribution in [3.05, 3.63) is 24.0 Å². The molecule has 1 aliphatic carbocycles. The normalized spacial score (nSPS) is 18.6. The molecule has 0 radical (unpaired) electrons. The largest absolute Gasteiger partial charge is 0.395 e. The number of rotatable bonds is 5. The first-order chi connectivity index (χ1) is 9.90. The number of thioether (sulfide) groups is 1. The third kappa shape index (κ3) is 3.70. The molecule has 118 valence electrons. The van der Waals surface area contributed by atoms with Crippen molar-refractivity contribution in [3.8, 4) is 0 Å². The van der Waals surface area contributed by atoms with Gasteiger partial charge in [0.2, 0.25) is 10.0 Å². The van der Waals surface area contributed by atoms with E-state index in [-0.39, 0.29) is 15.3 Å². The molecule has 0 saturated heterocycles. The smallest absolute Gasteiger partial charge is 0.242 e. The molecule has 0 aromatic heterocycles. The number of sulfonamides is 1. The fraction of sp³-hybridized carbons (Fsp3) is 0.571. The second kappa shape index (κ2) is 6.54. The van der Waals surface area contributed by atoms with E-state index in [9.17, 15) is 12.8 Å². The van der Waals surface area contributed by atoms with E-state index in [1.54, 1.807) is 11.8 Å². The molecule has 1 fully saturated rings. The van der Waals surface area contributed by atoms with Gasteiger partial charge in [-0.05, 0) is 31.2 Å². The predicted octanol–water partition coefficient (Wildman–Crippen LogP) is 2.75. The second-order valence-electron chi connectivity index (χ2n) is 5.42. The van der Waals surface area contributed by atoms with Crippen molar-refractivity contribution >= 4 is 27.5 Å². The van der Waals surface area contributed by atoms with Crippen molar-refractivity contribution in [1.82, 2.24) is 4.72 Å². The van der Waals surface area contributed by atoms with Gasteiger partial charge in [0, 0.05) is 11.3 Å². The van der Waals surface area contributed by atoms with E-state index < -0.39 is 15.8 Å². The summed E-state index contributed by atoms with van der Waals surface area (Å²) in [4.78, 5) is -0.186. The maximum Gasteiger partial charge on any atom is 0.242 e. The molecule has 0 atom stereocenters. The molecule has 2 rings (SSSR count). The summed E-state index contributed by atoms with van der Waals surface area (Å²) in [6.45, 7) is 0.354. The van der Waals surface area contributed by atoms with Crippen LogP contribution in [0.5, 0.6) is 0 Å². The molecule has 0 unspecified atom stereocenters. The van der Waals surface area contributed by atoms with Gasteiger partial charge in [0.25, 0.3) is 0 Å². The minimum atomic E-state index is -3.79. The molecule has 3 N–H and O–H groups in total. The van der Waals surface area contributed by atoms with Gasteiger partial charge in [-0.2, -0.15) is 11.8 Å². The fourth-order valence-corrected chi connectivity index (χ4v) is 4.98. The van der Waals surface area contributed by atoms with Crippen LogP contribution in [0.15, 0.2) is 23.1 Å². The predicted molar refractivity (Wildman–Crippen MR) is 85.3 cm³/mol. The van der Waals surface area contributed by atoms with Crippen molar-refractivity contribution in [2.45, 2.75) is 41.7 Å². The summed E-state index contributed by atoms with van der Waals surface area (Å²) in [5.74, 6) is -0.713. The van der Waals surface area contributed by atoms with Gasteiger partial charge in [-0.15, -0.1) is 0 Å². The van der Waals surface area contributed by atoms with Crippen molar-refractivity contribution in [1.29, 1.82) is 0 Å². The van der Waals surface area contributed by atoms with Crippen molar-refractivity contribution in [2.75, 3.05) is 18.5 Å². The molecule has 0 aliphatic heterocycles. The summed E-state index contributed by atoms with van der Waals surface area (Å²) in [5.41, 5.74) is 5.22. The molecular formula is C14H21FN2O2S2. The first kappa shape index (κ1) is 16.6. The van der Waals surface area contributed by atoms with Crippen molar-refractivity contribution < 1.29 is 12.8 Å². The van der Waals surface area contributed by atoms with Crippen LogP contribution in [0.3, 0.4) is 0 Å². The van der Waals surface area contributed by atoms with Gasteiger partial charge in [-0.3, -0.25) is 0 Å². The van der Waals surface area contributed by atoms with Gasteiger partial charge in [-0.1, -0.05) is 25.3 Å². The van der Waals surface area contributed by atoms with Gasteiger partial charge in [0.15, 0.2) is 0 Å². The number of hydrogen-bond donors (Lipinski definition) is 2. The van der Waals surface area contributed by atoms with Crippen LogP contribution < -0.4 is 10.5 Å². The Morgan fingerprint density at radius 1 is 1.33 bits per heavy atom. The Labute approximate surface area is 129 Å². The number of halogens is 1. The Kier molecular flexibility index (Phi) is 5.16. The highest BCUT2D eigenvalue weighted by Crippen LogP contribution is 2.38. The first-order valence-corrected chi connectivity index (χ1v) is 9.70. The molecule has 1 aromatic carbocycles. The summed E-state index contributed by atoms with van der Waals surface area (Å²) in [5, 5.41) is 0. The van der Waals surface area contributed by atoms with Crippen LogP contribution in [-0.2, 0) is 10.0 Å². The molecule has 0 spiro atoms. The number of anilines is 1. The molecular weight excluding hydrogens is 311 g/mol. The fourth-order valence-electron chi connectivity index (χ4n) is 2.71. The number of nitrogens with two attached hydrogens (primary N) is 1. The lowest BCUT2D eigenvalue weighted by Crippen LogP contribution is -2.41. The van der Waals surface area contributed by atoms with Crippen LogP contribution >= 0.6 is 11.8 Å². The van der Waals surface area contributed by atoms with Crippen LogP contribution in [-0.4, -0.2) is 26.0 Å². The van der Waals surface area contributed by atoms with E-state index in [4.69, 9.17) is 5.73 Å². The first-order valence-electron chi connectivity index (χ1n) is 6.99. The maximum absolute atomic E-state index is 13.4. The van der Waals surface area contributed by atoms with E-state index in [2.05, 4.69) is 4.72 Å². The summed E-state index contributed by atoms with van der Waals surface area (Å²) >= 11 is 1.70. The van der Waals surface area contributed by atoms with Gasteiger partial charge >= 0.3 is 0 Å². The SMILES string of the molecule is CSC1(CNS(=O)(=O)c2cccc(F)c2N)CCCCC1. The Balaban J connectivity index is 2.16. The molecule has 1 aliphatic rings. The number of benzene rings is 1. The highest BCUT2D eigenvalue weighted by atomic mass is 32.2. The molecule has 21 heavy (non-hydrogen) atoms. The Morgan fingerprint density at radius 2 is 2.00 bits per heavy atom. The molecule has 0 amide bonds. The molecule has 0 bridgehead atoms. The van der Waals surface area contributed by atoms with Gasteiger partial charge in [0.05, 0.1) is 5.69 Å². The molecule has 7 heteroatoms. The summed E-state index contributed by atoms with van der Waals surface area (Å²) in [6, 6.07) is 3.83. The number of hydrogen-bond acceptors (Lipinski definition) is 4. The zero-order valence-electron chi connectivity index (χ0n) is 12.1. The van der Waals surface area contributed by atoms with E-state index in [0.717, 1.165) is 31.7 Å². The van der Waals surface area contributed by atoms with Crippen LogP contribution in [0.2, 0.25) is 0 Å². The lowest BCUT2D eigenvalue weighted by molar-refractivity contribution is 0.395. The number of nitrogen functional groups attached to an aromatic ring is 1. The highest BCUT2D eigenvalue weighted by Gasteiger charge is 2.33. The van der Waals surface area contributed by atoms with E-state index >= 15 is 0 Å². The number of para-hydroxylation sites is 1. The zero-order chi connectivity index (χ0) is 15.5. The Bertz CT molecular complexity index is 599. The average molecular weight is 332 g/mol. The van der Waals surface area contributed by atoms with Crippen molar-refractivity contribution in [2.24, 2.45) is 0 Å². The Hall–Kier alpha value is -0.790. The van der Waals surface area contributed by atoms with Crippen LogP contribution in [0.1, 0.15) is 32.1 Å². The minimum Gasteiger partial charge on any atom is -0.395 e. The van der Waals surface area contributed by atoms with Gasteiger partial charge in [0.1, 0.15) is 10.7 Å². The van der Waals surface area contributed by atoms with Gasteiger partial charge < -0.3 is 5.73 Å². The second-order valence-corrected chi connectivity index (χ2v) is 8.43. The average Bonchev–Trinajstić information content (AvgIpc) is 2.49. The molecule has 1 saturated carbocycles. The summed E-state index contributed by atoms with van der Waals surface area (Å²) in [7, 11) is -3.79.